The Kier molecular flexibility index (Phi) is 6.08. The Morgan fingerprint density at radius 2 is 2.10 bits per heavy atom. The van der Waals surface area contributed by atoms with Crippen molar-refractivity contribution >= 4 is 11.9 Å². The van der Waals surface area contributed by atoms with E-state index in [4.69, 9.17) is 0 Å². The smallest absolute Gasteiger partial charge is 0.225 e. The fraction of sp³-hybridized carbons (Fsp3) is 0.750. The molecule has 1 heterocycles. The van der Waals surface area contributed by atoms with Crippen LogP contribution in [0.3, 0.4) is 0 Å². The fourth-order valence-corrected chi connectivity index (χ4v) is 3.24. The summed E-state index contributed by atoms with van der Waals surface area (Å²) in [7, 11) is 1.76. The Labute approximate surface area is 127 Å². The molecule has 1 aliphatic heterocycles. The standard InChI is InChI=1S/C16H28N4O/c1-3-10-18-16(17-2)19-14-9-11-20(12-14)15(21)13-7-5-4-6-8-13/h3,13-14H,1,4-12H2,2H3,(H2,17,18,19). The predicted molar refractivity (Wildman–Crippen MR) is 86.3 cm³/mol. The van der Waals surface area contributed by atoms with Crippen LogP contribution >= 0.6 is 0 Å². The second-order valence-corrected chi connectivity index (χ2v) is 5.99. The van der Waals surface area contributed by atoms with Crippen molar-refractivity contribution in [3.63, 3.8) is 0 Å². The number of nitrogens with zero attached hydrogens (tertiary/aromatic N) is 2. The van der Waals surface area contributed by atoms with Crippen LogP contribution in [0.1, 0.15) is 38.5 Å². The number of hydrogen-bond donors (Lipinski definition) is 2. The molecular formula is C16H28N4O. The maximum Gasteiger partial charge on any atom is 0.225 e. The lowest BCUT2D eigenvalue weighted by molar-refractivity contribution is -0.135. The molecule has 2 aliphatic rings. The molecule has 1 saturated carbocycles. The second kappa shape index (κ2) is 8.05. The quantitative estimate of drug-likeness (QED) is 0.469. The monoisotopic (exact) mass is 292 g/mol. The minimum absolute atomic E-state index is 0.274. The van der Waals surface area contributed by atoms with Crippen LogP contribution in [0.15, 0.2) is 17.6 Å². The van der Waals surface area contributed by atoms with Gasteiger partial charge in [0.15, 0.2) is 5.96 Å². The van der Waals surface area contributed by atoms with Crippen molar-refractivity contribution in [2.75, 3.05) is 26.7 Å². The third-order valence-corrected chi connectivity index (χ3v) is 4.43. The number of carbonyl (C=O) groups excluding carboxylic acids is 1. The van der Waals surface area contributed by atoms with Crippen LogP contribution in [0.5, 0.6) is 0 Å². The molecule has 0 aromatic heterocycles. The highest BCUT2D eigenvalue weighted by molar-refractivity contribution is 5.81. The number of hydrogen-bond acceptors (Lipinski definition) is 2. The summed E-state index contributed by atoms with van der Waals surface area (Å²) < 4.78 is 0. The van der Waals surface area contributed by atoms with E-state index < -0.39 is 0 Å². The summed E-state index contributed by atoms with van der Waals surface area (Å²) in [6.07, 6.45) is 8.67. The van der Waals surface area contributed by atoms with E-state index in [0.717, 1.165) is 38.3 Å². The van der Waals surface area contributed by atoms with Crippen LogP contribution in [0.2, 0.25) is 0 Å². The molecule has 0 radical (unpaired) electrons. The van der Waals surface area contributed by atoms with Gasteiger partial charge in [0.25, 0.3) is 0 Å². The van der Waals surface area contributed by atoms with Gasteiger partial charge in [0, 0.05) is 38.6 Å². The number of guanidine groups is 1. The van der Waals surface area contributed by atoms with Crippen LogP contribution in [-0.2, 0) is 4.79 Å². The Morgan fingerprint density at radius 1 is 1.33 bits per heavy atom. The summed E-state index contributed by atoms with van der Waals surface area (Å²) in [6.45, 7) is 6.04. The van der Waals surface area contributed by atoms with Gasteiger partial charge in [0.05, 0.1) is 0 Å². The molecule has 1 saturated heterocycles. The van der Waals surface area contributed by atoms with Crippen LogP contribution in [0.4, 0.5) is 0 Å². The van der Waals surface area contributed by atoms with Gasteiger partial charge >= 0.3 is 0 Å². The van der Waals surface area contributed by atoms with Gasteiger partial charge in [-0.2, -0.15) is 0 Å². The summed E-state index contributed by atoms with van der Waals surface area (Å²) in [5.74, 6) is 1.43. The van der Waals surface area contributed by atoms with Gasteiger partial charge in [-0.25, -0.2) is 0 Å². The average Bonchev–Trinajstić information content (AvgIpc) is 3.00. The first-order valence-electron chi connectivity index (χ1n) is 8.11. The molecule has 0 spiro atoms. The lowest BCUT2D eigenvalue weighted by Gasteiger charge is -2.26. The molecule has 5 heteroatoms. The van der Waals surface area contributed by atoms with Crippen LogP contribution in [0, 0.1) is 5.92 Å². The van der Waals surface area contributed by atoms with Crippen molar-refractivity contribution in [2.45, 2.75) is 44.6 Å². The number of likely N-dealkylation sites (tertiary alicyclic amines) is 1. The van der Waals surface area contributed by atoms with Crippen molar-refractivity contribution in [1.29, 1.82) is 0 Å². The van der Waals surface area contributed by atoms with Crippen LogP contribution in [0.25, 0.3) is 0 Å². The van der Waals surface area contributed by atoms with Gasteiger partial charge in [-0.3, -0.25) is 9.79 Å². The predicted octanol–water partition coefficient (Wildman–Crippen LogP) is 1.52. The van der Waals surface area contributed by atoms with Crippen molar-refractivity contribution in [2.24, 2.45) is 10.9 Å². The summed E-state index contributed by atoms with van der Waals surface area (Å²) in [5, 5.41) is 6.56. The molecule has 0 aromatic carbocycles. The van der Waals surface area contributed by atoms with Crippen LogP contribution in [-0.4, -0.2) is 49.5 Å². The van der Waals surface area contributed by atoms with Crippen molar-refractivity contribution < 1.29 is 4.79 Å². The number of amides is 1. The highest BCUT2D eigenvalue weighted by Gasteiger charge is 2.31. The maximum absolute atomic E-state index is 12.5. The van der Waals surface area contributed by atoms with E-state index in [2.05, 4.69) is 22.2 Å². The lowest BCUT2D eigenvalue weighted by Crippen LogP contribution is -2.45. The number of nitrogens with one attached hydrogen (secondary N) is 2. The van der Waals surface area contributed by atoms with Gasteiger partial charge in [0.2, 0.25) is 5.91 Å². The van der Waals surface area contributed by atoms with Gasteiger partial charge in [0.1, 0.15) is 0 Å². The first-order chi connectivity index (χ1) is 10.2. The third-order valence-electron chi connectivity index (χ3n) is 4.43. The molecule has 2 N–H and O–H groups in total. The Hall–Kier alpha value is -1.52. The molecule has 118 valence electrons. The molecule has 0 aromatic rings. The van der Waals surface area contributed by atoms with Gasteiger partial charge in [-0.15, -0.1) is 6.58 Å². The molecule has 0 bridgehead atoms. The number of carbonyl (C=O) groups is 1. The van der Waals surface area contributed by atoms with E-state index in [1.807, 2.05) is 4.90 Å². The summed E-state index contributed by atoms with van der Waals surface area (Å²) in [6, 6.07) is 0.300. The first kappa shape index (κ1) is 15.9. The van der Waals surface area contributed by atoms with Crippen molar-refractivity contribution in [3.8, 4) is 0 Å². The average molecular weight is 292 g/mol. The third kappa shape index (κ3) is 4.48. The molecule has 5 nitrogen and oxygen atoms in total. The van der Waals surface area contributed by atoms with E-state index >= 15 is 0 Å². The molecule has 1 unspecified atom stereocenters. The summed E-state index contributed by atoms with van der Waals surface area (Å²) in [4.78, 5) is 18.7. The SMILES string of the molecule is C=CCNC(=NC)NC1CCN(C(=O)C2CCCCC2)C1. The highest BCUT2D eigenvalue weighted by Crippen LogP contribution is 2.26. The van der Waals surface area contributed by atoms with Crippen molar-refractivity contribution in [3.05, 3.63) is 12.7 Å². The Bertz CT molecular complexity index is 388. The number of rotatable bonds is 4. The number of aliphatic imine (C=N–C) groups is 1. The zero-order valence-electron chi connectivity index (χ0n) is 13.1. The minimum atomic E-state index is 0.274. The molecule has 2 rings (SSSR count). The van der Waals surface area contributed by atoms with E-state index in [9.17, 15) is 4.79 Å². The molecule has 1 aliphatic carbocycles. The molecule has 2 fully saturated rings. The Morgan fingerprint density at radius 3 is 2.76 bits per heavy atom. The normalized spacial score (nSPS) is 24.0. The van der Waals surface area contributed by atoms with E-state index in [-0.39, 0.29) is 5.92 Å². The van der Waals surface area contributed by atoms with E-state index in [1.54, 1.807) is 13.1 Å². The molecule has 1 amide bonds. The highest BCUT2D eigenvalue weighted by atomic mass is 16.2. The van der Waals surface area contributed by atoms with E-state index in [1.165, 1.54) is 19.3 Å². The largest absolute Gasteiger partial charge is 0.353 e. The topological polar surface area (TPSA) is 56.7 Å². The molecule has 21 heavy (non-hydrogen) atoms. The summed E-state index contributed by atoms with van der Waals surface area (Å²) in [5.41, 5.74) is 0. The van der Waals surface area contributed by atoms with Gasteiger partial charge in [-0.1, -0.05) is 25.3 Å². The van der Waals surface area contributed by atoms with Crippen LogP contribution < -0.4 is 10.6 Å². The second-order valence-electron chi connectivity index (χ2n) is 5.99. The Balaban J connectivity index is 1.79. The van der Waals surface area contributed by atoms with Gasteiger partial charge in [-0.05, 0) is 19.3 Å². The van der Waals surface area contributed by atoms with Crippen molar-refractivity contribution in [1.82, 2.24) is 15.5 Å². The van der Waals surface area contributed by atoms with Gasteiger partial charge < -0.3 is 15.5 Å². The first-order valence-corrected chi connectivity index (χ1v) is 8.11. The lowest BCUT2D eigenvalue weighted by atomic mass is 9.88. The molecule has 1 atom stereocenters. The molecular weight excluding hydrogens is 264 g/mol. The summed E-state index contributed by atoms with van der Waals surface area (Å²) >= 11 is 0. The fourth-order valence-electron chi connectivity index (χ4n) is 3.24. The zero-order valence-corrected chi connectivity index (χ0v) is 13.1. The minimum Gasteiger partial charge on any atom is -0.353 e. The van der Waals surface area contributed by atoms with E-state index in [0.29, 0.717) is 18.5 Å². The maximum atomic E-state index is 12.5. The zero-order chi connectivity index (χ0) is 15.1.